The van der Waals surface area contributed by atoms with Crippen LogP contribution in [-0.4, -0.2) is 12.1 Å². The molecular formula is C10H24N2. The van der Waals surface area contributed by atoms with E-state index >= 15 is 0 Å². The van der Waals surface area contributed by atoms with Crippen molar-refractivity contribution in [2.75, 3.05) is 0 Å². The summed E-state index contributed by atoms with van der Waals surface area (Å²) in [5, 5.41) is 0. The lowest BCUT2D eigenvalue weighted by atomic mass is 10.1. The van der Waals surface area contributed by atoms with Gasteiger partial charge in [0.25, 0.3) is 0 Å². The van der Waals surface area contributed by atoms with Crippen LogP contribution in [0.1, 0.15) is 47.5 Å². The first-order chi connectivity index (χ1) is 5.61. The fraction of sp³-hybridized carbons (Fsp3) is 1.00. The van der Waals surface area contributed by atoms with Crippen molar-refractivity contribution in [1.82, 2.24) is 10.9 Å². The average Bonchev–Trinajstić information content (AvgIpc) is 2.05. The van der Waals surface area contributed by atoms with Gasteiger partial charge >= 0.3 is 0 Å². The molecule has 0 spiro atoms. The Labute approximate surface area is 77.1 Å². The van der Waals surface area contributed by atoms with E-state index < -0.39 is 0 Å². The molecule has 0 amide bonds. The highest BCUT2D eigenvalue weighted by molar-refractivity contribution is 4.65. The van der Waals surface area contributed by atoms with Gasteiger partial charge in [0.2, 0.25) is 0 Å². The second kappa shape index (κ2) is 6.44. The van der Waals surface area contributed by atoms with Gasteiger partial charge in [-0.3, -0.25) is 10.9 Å². The van der Waals surface area contributed by atoms with Crippen molar-refractivity contribution in [3.63, 3.8) is 0 Å². The maximum absolute atomic E-state index is 3.35. The minimum Gasteiger partial charge on any atom is -0.255 e. The summed E-state index contributed by atoms with van der Waals surface area (Å²) < 4.78 is 0. The molecule has 0 aromatic carbocycles. The molecule has 0 saturated carbocycles. The third kappa shape index (κ3) is 4.73. The van der Waals surface area contributed by atoms with Crippen LogP contribution in [0.5, 0.6) is 0 Å². The maximum atomic E-state index is 3.35. The molecule has 74 valence electrons. The van der Waals surface area contributed by atoms with Crippen LogP contribution in [0.15, 0.2) is 0 Å². The minimum atomic E-state index is 0.547. The molecule has 0 heterocycles. The van der Waals surface area contributed by atoms with Gasteiger partial charge in [-0.25, -0.2) is 0 Å². The molecule has 2 N–H and O–H groups in total. The Morgan fingerprint density at radius 2 is 1.42 bits per heavy atom. The van der Waals surface area contributed by atoms with Gasteiger partial charge < -0.3 is 0 Å². The zero-order valence-corrected chi connectivity index (χ0v) is 9.15. The molecule has 0 aromatic rings. The molecule has 12 heavy (non-hydrogen) atoms. The zero-order valence-electron chi connectivity index (χ0n) is 9.15. The average molecular weight is 172 g/mol. The lowest BCUT2D eigenvalue weighted by molar-refractivity contribution is 0.323. The Morgan fingerprint density at radius 1 is 0.917 bits per heavy atom. The topological polar surface area (TPSA) is 24.1 Å². The van der Waals surface area contributed by atoms with E-state index in [1.165, 1.54) is 12.8 Å². The normalized spacial score (nSPS) is 14.2. The smallest absolute Gasteiger partial charge is 0.0207 e. The van der Waals surface area contributed by atoms with E-state index in [0.29, 0.717) is 18.0 Å². The molecule has 0 bridgehead atoms. The molecule has 0 aromatic heterocycles. The van der Waals surface area contributed by atoms with E-state index in [2.05, 4.69) is 45.5 Å². The highest BCUT2D eigenvalue weighted by Crippen LogP contribution is 2.00. The lowest BCUT2D eigenvalue weighted by Gasteiger charge is -2.22. The minimum absolute atomic E-state index is 0.547. The number of hydrogen-bond donors (Lipinski definition) is 2. The predicted molar refractivity (Wildman–Crippen MR) is 54.9 cm³/mol. The number of nitrogens with one attached hydrogen (secondary N) is 2. The van der Waals surface area contributed by atoms with E-state index in [4.69, 9.17) is 0 Å². The summed E-state index contributed by atoms with van der Waals surface area (Å²) in [6.45, 7) is 11.1. The molecule has 0 rings (SSSR count). The molecule has 0 aliphatic heterocycles. The van der Waals surface area contributed by atoms with Crippen LogP contribution in [0.3, 0.4) is 0 Å². The predicted octanol–water partition coefficient (Wildman–Crippen LogP) is 2.31. The molecule has 0 saturated heterocycles. The molecule has 1 unspecified atom stereocenters. The summed E-state index contributed by atoms with van der Waals surface area (Å²) in [7, 11) is 0. The number of rotatable bonds is 6. The Balaban J connectivity index is 3.51. The number of hydrogen-bond acceptors (Lipinski definition) is 2. The number of hydrazine groups is 1. The van der Waals surface area contributed by atoms with E-state index in [0.717, 1.165) is 0 Å². The first-order valence-corrected chi connectivity index (χ1v) is 5.12. The van der Waals surface area contributed by atoms with Crippen LogP contribution >= 0.6 is 0 Å². The molecule has 0 aliphatic rings. The van der Waals surface area contributed by atoms with Crippen LogP contribution in [0.2, 0.25) is 0 Å². The fourth-order valence-corrected chi connectivity index (χ4v) is 0.909. The molecule has 0 fully saturated rings. The lowest BCUT2D eigenvalue weighted by Crippen LogP contribution is -2.46. The first-order valence-electron chi connectivity index (χ1n) is 5.12. The second-order valence-corrected chi connectivity index (χ2v) is 3.83. The molecule has 2 nitrogen and oxygen atoms in total. The zero-order chi connectivity index (χ0) is 9.56. The van der Waals surface area contributed by atoms with Gasteiger partial charge in [-0.2, -0.15) is 0 Å². The summed E-state index contributed by atoms with van der Waals surface area (Å²) in [6.07, 6.45) is 2.38. The van der Waals surface area contributed by atoms with E-state index in [-0.39, 0.29) is 0 Å². The molecule has 0 radical (unpaired) electrons. The van der Waals surface area contributed by atoms with Crippen LogP contribution < -0.4 is 10.9 Å². The Kier molecular flexibility index (Phi) is 6.39. The van der Waals surface area contributed by atoms with Gasteiger partial charge in [0.1, 0.15) is 0 Å². The van der Waals surface area contributed by atoms with Gasteiger partial charge in [0.05, 0.1) is 0 Å². The Bertz CT molecular complexity index is 96.0. The van der Waals surface area contributed by atoms with Gasteiger partial charge in [0, 0.05) is 12.1 Å². The summed E-state index contributed by atoms with van der Waals surface area (Å²) in [6, 6.07) is 1.16. The first kappa shape index (κ1) is 11.9. The Hall–Kier alpha value is -0.0800. The quantitative estimate of drug-likeness (QED) is 0.601. The van der Waals surface area contributed by atoms with Crippen LogP contribution in [0.4, 0.5) is 0 Å². The van der Waals surface area contributed by atoms with Crippen molar-refractivity contribution >= 4 is 0 Å². The Morgan fingerprint density at radius 3 is 1.75 bits per heavy atom. The largest absolute Gasteiger partial charge is 0.255 e. The molecule has 1 atom stereocenters. The van der Waals surface area contributed by atoms with E-state index in [1.807, 2.05) is 0 Å². The van der Waals surface area contributed by atoms with Crippen molar-refractivity contribution in [2.24, 2.45) is 5.92 Å². The summed E-state index contributed by atoms with van der Waals surface area (Å²) >= 11 is 0. The van der Waals surface area contributed by atoms with Crippen molar-refractivity contribution in [3.05, 3.63) is 0 Å². The summed E-state index contributed by atoms with van der Waals surface area (Å²) in [5.41, 5.74) is 6.68. The third-order valence-electron chi connectivity index (χ3n) is 2.50. The van der Waals surface area contributed by atoms with Gasteiger partial charge in [-0.15, -0.1) is 0 Å². The van der Waals surface area contributed by atoms with Crippen LogP contribution in [0, 0.1) is 5.92 Å². The van der Waals surface area contributed by atoms with Crippen molar-refractivity contribution in [1.29, 1.82) is 0 Å². The highest BCUT2D eigenvalue weighted by atomic mass is 15.4. The molecule has 0 aliphatic carbocycles. The van der Waals surface area contributed by atoms with Gasteiger partial charge in [-0.05, 0) is 25.7 Å². The van der Waals surface area contributed by atoms with Crippen molar-refractivity contribution < 1.29 is 0 Å². The third-order valence-corrected chi connectivity index (χ3v) is 2.50. The van der Waals surface area contributed by atoms with E-state index in [9.17, 15) is 0 Å². The highest BCUT2D eigenvalue weighted by Gasteiger charge is 2.07. The van der Waals surface area contributed by atoms with Crippen LogP contribution in [-0.2, 0) is 0 Å². The monoisotopic (exact) mass is 172 g/mol. The van der Waals surface area contributed by atoms with Gasteiger partial charge in [-0.1, -0.05) is 27.7 Å². The molecular weight excluding hydrogens is 148 g/mol. The van der Waals surface area contributed by atoms with Gasteiger partial charge in [0.15, 0.2) is 0 Å². The maximum Gasteiger partial charge on any atom is 0.0207 e. The summed E-state index contributed by atoms with van der Waals surface area (Å²) in [4.78, 5) is 0. The van der Waals surface area contributed by atoms with E-state index in [1.54, 1.807) is 0 Å². The van der Waals surface area contributed by atoms with Crippen molar-refractivity contribution in [3.8, 4) is 0 Å². The standard InChI is InChI=1S/C10H24N2/c1-6-10(7-2)12-11-9(5)8(3)4/h8-12H,6-7H2,1-5H3. The van der Waals surface area contributed by atoms with Crippen LogP contribution in [0.25, 0.3) is 0 Å². The SMILES string of the molecule is CCC(CC)NNC(C)C(C)C. The van der Waals surface area contributed by atoms with Crippen molar-refractivity contribution in [2.45, 2.75) is 59.5 Å². The fourth-order valence-electron chi connectivity index (χ4n) is 0.909. The summed E-state index contributed by atoms with van der Waals surface area (Å²) in [5.74, 6) is 0.687. The molecule has 2 heteroatoms. The second-order valence-electron chi connectivity index (χ2n) is 3.83.